The van der Waals surface area contributed by atoms with Crippen LogP contribution in [-0.2, 0) is 14.6 Å². The van der Waals surface area contributed by atoms with E-state index in [0.29, 0.717) is 6.42 Å². The summed E-state index contributed by atoms with van der Waals surface area (Å²) in [5.41, 5.74) is -0.504. The summed E-state index contributed by atoms with van der Waals surface area (Å²) in [5.74, 6) is -1.20. The quantitative estimate of drug-likeness (QED) is 0.355. The molecule has 0 aliphatic rings. The lowest BCUT2D eigenvalue weighted by molar-refractivity contribution is -0.392. The Labute approximate surface area is 104 Å². The highest BCUT2D eigenvalue weighted by Crippen LogP contribution is 2.13. The van der Waals surface area contributed by atoms with Gasteiger partial charge in [-0.2, -0.15) is 0 Å². The third kappa shape index (κ3) is 10.3. The number of hydrogen-bond acceptors (Lipinski definition) is 4. The lowest BCUT2D eigenvalue weighted by atomic mass is 10.1. The van der Waals surface area contributed by atoms with Crippen LogP contribution in [0.4, 0.5) is 0 Å². The summed E-state index contributed by atoms with van der Waals surface area (Å²) in [6.45, 7) is 7.56. The van der Waals surface area contributed by atoms with Gasteiger partial charge in [0, 0.05) is 0 Å². The molecule has 102 valence electrons. The molecule has 0 heterocycles. The number of aliphatic carboxylic acids is 1. The second-order valence-corrected chi connectivity index (χ2v) is 5.30. The van der Waals surface area contributed by atoms with Gasteiger partial charge in [-0.05, 0) is 27.2 Å². The van der Waals surface area contributed by atoms with Crippen molar-refractivity contribution in [2.45, 2.75) is 77.9 Å². The monoisotopic (exact) mass is 245 g/mol. The molecule has 1 atom stereocenters. The zero-order valence-electron chi connectivity index (χ0n) is 11.5. The molecule has 0 aliphatic heterocycles. The van der Waals surface area contributed by atoms with Crippen LogP contribution in [0.25, 0.3) is 0 Å². The Morgan fingerprint density at radius 1 is 1.18 bits per heavy atom. The summed E-state index contributed by atoms with van der Waals surface area (Å²) >= 11 is 0. The molecule has 0 aromatic heterocycles. The highest BCUT2D eigenvalue weighted by Gasteiger charge is 2.17. The van der Waals surface area contributed by atoms with Crippen LogP contribution in [0, 0.1) is 0 Å². The van der Waals surface area contributed by atoms with Gasteiger partial charge in [-0.1, -0.05) is 39.0 Å². The number of carbonyl (C=O) groups is 1. The molecule has 0 N–H and O–H groups in total. The van der Waals surface area contributed by atoms with Crippen LogP contribution in [0.1, 0.15) is 66.2 Å². The van der Waals surface area contributed by atoms with Crippen LogP contribution in [0.2, 0.25) is 0 Å². The molecule has 0 aliphatic carbocycles. The van der Waals surface area contributed by atoms with Gasteiger partial charge in [0.2, 0.25) is 0 Å². The van der Waals surface area contributed by atoms with Crippen molar-refractivity contribution in [1.29, 1.82) is 0 Å². The molecular formula is C13H25O4-. The fraction of sp³-hybridized carbons (Fsp3) is 0.923. The molecule has 0 radical (unpaired) electrons. The first-order valence-electron chi connectivity index (χ1n) is 6.42. The second-order valence-electron chi connectivity index (χ2n) is 5.30. The minimum absolute atomic E-state index is 0.447. The maximum absolute atomic E-state index is 10.8. The zero-order valence-corrected chi connectivity index (χ0v) is 11.5. The maximum Gasteiger partial charge on any atom is 0.132 e. The summed E-state index contributed by atoms with van der Waals surface area (Å²) < 4.78 is 0. The average Bonchev–Trinajstić information content (AvgIpc) is 2.20. The molecule has 0 spiro atoms. The first-order valence-corrected chi connectivity index (χ1v) is 6.42. The van der Waals surface area contributed by atoms with E-state index in [4.69, 9.17) is 9.78 Å². The number of unbranched alkanes of at least 4 members (excludes halogenated alkanes) is 4. The van der Waals surface area contributed by atoms with Crippen molar-refractivity contribution in [1.82, 2.24) is 0 Å². The SMILES string of the molecule is CCCCCCCC(OOC(C)(C)C)C(=O)[O-]. The molecule has 0 aromatic rings. The summed E-state index contributed by atoms with van der Waals surface area (Å²) in [7, 11) is 0. The van der Waals surface area contributed by atoms with Gasteiger partial charge in [-0.15, -0.1) is 0 Å². The molecule has 0 bridgehead atoms. The van der Waals surface area contributed by atoms with Crippen molar-refractivity contribution in [2.24, 2.45) is 0 Å². The first kappa shape index (κ1) is 16.4. The number of rotatable bonds is 9. The van der Waals surface area contributed by atoms with Gasteiger partial charge in [0.25, 0.3) is 0 Å². The van der Waals surface area contributed by atoms with Gasteiger partial charge in [0.1, 0.15) is 6.10 Å². The molecule has 4 heteroatoms. The maximum atomic E-state index is 10.8. The predicted octanol–water partition coefficient (Wildman–Crippen LogP) is 2.21. The smallest absolute Gasteiger partial charge is 0.132 e. The fourth-order valence-corrected chi connectivity index (χ4v) is 1.34. The van der Waals surface area contributed by atoms with Gasteiger partial charge < -0.3 is 9.90 Å². The van der Waals surface area contributed by atoms with Crippen molar-refractivity contribution in [3.63, 3.8) is 0 Å². The van der Waals surface area contributed by atoms with Crippen molar-refractivity contribution in [3.05, 3.63) is 0 Å². The van der Waals surface area contributed by atoms with Crippen molar-refractivity contribution < 1.29 is 19.7 Å². The van der Waals surface area contributed by atoms with Crippen LogP contribution in [0.3, 0.4) is 0 Å². The summed E-state index contributed by atoms with van der Waals surface area (Å²) in [6.07, 6.45) is 4.83. The van der Waals surface area contributed by atoms with E-state index in [9.17, 15) is 9.90 Å². The Morgan fingerprint density at radius 3 is 2.24 bits per heavy atom. The van der Waals surface area contributed by atoms with Crippen LogP contribution in [0.15, 0.2) is 0 Å². The van der Waals surface area contributed by atoms with Crippen LogP contribution < -0.4 is 5.11 Å². The predicted molar refractivity (Wildman–Crippen MR) is 64.1 cm³/mol. The van der Waals surface area contributed by atoms with Crippen molar-refractivity contribution >= 4 is 5.97 Å². The summed E-state index contributed by atoms with van der Waals surface area (Å²) in [4.78, 5) is 20.7. The fourth-order valence-electron chi connectivity index (χ4n) is 1.34. The van der Waals surface area contributed by atoms with Crippen molar-refractivity contribution in [2.75, 3.05) is 0 Å². The molecule has 1 unspecified atom stereocenters. The Morgan fingerprint density at radius 2 is 1.76 bits per heavy atom. The zero-order chi connectivity index (χ0) is 13.3. The van der Waals surface area contributed by atoms with Gasteiger partial charge in [0.05, 0.1) is 11.6 Å². The Kier molecular flexibility index (Phi) is 8.17. The Hall–Kier alpha value is -0.610. The molecule has 0 rings (SSSR count). The molecule has 4 nitrogen and oxygen atoms in total. The molecular weight excluding hydrogens is 220 g/mol. The summed E-state index contributed by atoms with van der Waals surface area (Å²) in [5, 5.41) is 10.8. The molecule has 0 fully saturated rings. The third-order valence-electron chi connectivity index (χ3n) is 2.25. The first-order chi connectivity index (χ1) is 7.87. The number of carboxylic acid groups (broad SMARTS) is 1. The molecule has 0 aromatic carbocycles. The standard InChI is InChI=1S/C13H26O4/c1-5-6-7-8-9-10-11(12(14)15)16-17-13(2,3)4/h11H,5-10H2,1-4H3,(H,14,15)/p-1. The normalized spacial score (nSPS) is 13.6. The number of carboxylic acids is 1. The van der Waals surface area contributed by atoms with E-state index < -0.39 is 17.7 Å². The Balaban J connectivity index is 3.80. The lowest BCUT2D eigenvalue weighted by Crippen LogP contribution is -2.39. The molecule has 0 saturated carbocycles. The topological polar surface area (TPSA) is 58.6 Å². The number of carbonyl (C=O) groups excluding carboxylic acids is 1. The lowest BCUT2D eigenvalue weighted by Gasteiger charge is -2.23. The van der Waals surface area contributed by atoms with Gasteiger partial charge in [-0.25, -0.2) is 9.78 Å². The van der Waals surface area contributed by atoms with Crippen LogP contribution >= 0.6 is 0 Å². The molecule has 0 saturated heterocycles. The highest BCUT2D eigenvalue weighted by atomic mass is 17.2. The Bertz CT molecular complexity index is 208. The largest absolute Gasteiger partial charge is 0.547 e. The second kappa shape index (κ2) is 8.48. The minimum atomic E-state index is -1.20. The minimum Gasteiger partial charge on any atom is -0.547 e. The number of hydrogen-bond donors (Lipinski definition) is 0. The summed E-state index contributed by atoms with van der Waals surface area (Å²) in [6, 6.07) is 0. The van der Waals surface area contributed by atoms with E-state index in [-0.39, 0.29) is 0 Å². The molecule has 0 amide bonds. The van der Waals surface area contributed by atoms with E-state index in [1.165, 1.54) is 12.8 Å². The third-order valence-corrected chi connectivity index (χ3v) is 2.25. The van der Waals surface area contributed by atoms with E-state index in [0.717, 1.165) is 19.3 Å². The van der Waals surface area contributed by atoms with E-state index in [2.05, 4.69) is 6.92 Å². The van der Waals surface area contributed by atoms with Crippen molar-refractivity contribution in [3.8, 4) is 0 Å². The van der Waals surface area contributed by atoms with Gasteiger partial charge in [0.15, 0.2) is 0 Å². The van der Waals surface area contributed by atoms with Gasteiger partial charge in [-0.3, -0.25) is 0 Å². The molecule has 17 heavy (non-hydrogen) atoms. The van der Waals surface area contributed by atoms with Gasteiger partial charge >= 0.3 is 0 Å². The van der Waals surface area contributed by atoms with E-state index in [1.807, 2.05) is 0 Å². The van der Waals surface area contributed by atoms with Crippen LogP contribution in [0.5, 0.6) is 0 Å². The van der Waals surface area contributed by atoms with E-state index >= 15 is 0 Å². The highest BCUT2D eigenvalue weighted by molar-refractivity contribution is 5.69. The average molecular weight is 245 g/mol. The van der Waals surface area contributed by atoms with Crippen LogP contribution in [-0.4, -0.2) is 17.7 Å². The van der Waals surface area contributed by atoms with E-state index in [1.54, 1.807) is 20.8 Å².